The van der Waals surface area contributed by atoms with E-state index in [1.54, 1.807) is 0 Å². The van der Waals surface area contributed by atoms with Gasteiger partial charge in [-0.2, -0.15) is 0 Å². The monoisotopic (exact) mass is 717 g/mol. The number of aromatic nitrogens is 1. The fraction of sp³-hybridized carbons (Fsp3) is 0.0196. The zero-order valence-electron chi connectivity index (χ0n) is 30.2. The number of nitrogens with zero attached hydrogens (tertiary/aromatic N) is 4. The quantitative estimate of drug-likeness (QED) is 0.169. The minimum Gasteiger partial charge on any atom is -0.454 e. The molecule has 0 saturated carbocycles. The largest absolute Gasteiger partial charge is 0.454 e. The van der Waals surface area contributed by atoms with E-state index in [0.29, 0.717) is 11.7 Å². The highest BCUT2D eigenvalue weighted by atomic mass is 16.3. The Bertz CT molecular complexity index is 3160. The molecule has 56 heavy (non-hydrogen) atoms. The average Bonchev–Trinajstić information content (AvgIpc) is 3.82. The van der Waals surface area contributed by atoms with E-state index in [1.165, 1.54) is 21.9 Å². The second kappa shape index (κ2) is 13.1. The maximum atomic E-state index is 6.87. The predicted octanol–water partition coefficient (Wildman–Crippen LogP) is 13.3. The van der Waals surface area contributed by atoms with Crippen molar-refractivity contribution in [2.75, 3.05) is 0 Å². The van der Waals surface area contributed by atoms with Gasteiger partial charge in [-0.1, -0.05) is 157 Å². The van der Waals surface area contributed by atoms with Crippen molar-refractivity contribution in [1.82, 2.24) is 4.57 Å². The van der Waals surface area contributed by atoms with Crippen LogP contribution in [-0.4, -0.2) is 16.2 Å². The van der Waals surface area contributed by atoms with Crippen LogP contribution in [0.25, 0.3) is 77.0 Å². The molecule has 1 aliphatic rings. The number of fused-ring (bicyclic) bond motifs is 6. The third-order valence-electron chi connectivity index (χ3n) is 10.8. The van der Waals surface area contributed by atoms with Crippen LogP contribution in [0.1, 0.15) is 22.9 Å². The van der Waals surface area contributed by atoms with Crippen LogP contribution >= 0.6 is 0 Å². The van der Waals surface area contributed by atoms with Gasteiger partial charge in [-0.15, -0.1) is 0 Å². The molecule has 5 nitrogen and oxygen atoms in total. The molecule has 0 saturated heterocycles. The normalized spacial score (nSPS) is 14.2. The van der Waals surface area contributed by atoms with Gasteiger partial charge in [0.05, 0.1) is 28.7 Å². The Morgan fingerprint density at radius 1 is 0.446 bits per heavy atom. The summed E-state index contributed by atoms with van der Waals surface area (Å²) in [5.41, 5.74) is 12.4. The number of rotatable bonds is 6. The van der Waals surface area contributed by atoms with Gasteiger partial charge in [-0.25, -0.2) is 0 Å². The van der Waals surface area contributed by atoms with Crippen molar-refractivity contribution in [1.29, 1.82) is 0 Å². The topological polar surface area (TPSA) is 56.9 Å². The van der Waals surface area contributed by atoms with Crippen molar-refractivity contribution in [3.05, 3.63) is 216 Å². The summed E-state index contributed by atoms with van der Waals surface area (Å²) in [6.45, 7) is 0. The van der Waals surface area contributed by atoms with Crippen LogP contribution in [0, 0.1) is 0 Å². The minimum atomic E-state index is -0.461. The summed E-state index contributed by atoms with van der Waals surface area (Å²) in [4.78, 5) is 10.1. The first kappa shape index (κ1) is 32.0. The number of amidine groups is 2. The maximum Gasteiger partial charge on any atom is 0.159 e. The van der Waals surface area contributed by atoms with Crippen LogP contribution in [0.2, 0.25) is 0 Å². The summed E-state index contributed by atoms with van der Waals surface area (Å²) in [5, 5.41) is 9.67. The summed E-state index contributed by atoms with van der Waals surface area (Å²) < 4.78 is 9.21. The van der Waals surface area contributed by atoms with Crippen molar-refractivity contribution in [3.8, 4) is 27.9 Å². The van der Waals surface area contributed by atoms with Crippen LogP contribution in [-0.2, 0) is 0 Å². The van der Waals surface area contributed by atoms with Gasteiger partial charge in [0.2, 0.25) is 0 Å². The molecule has 0 N–H and O–H groups in total. The van der Waals surface area contributed by atoms with E-state index in [-0.39, 0.29) is 0 Å². The first-order valence-electron chi connectivity index (χ1n) is 18.9. The van der Waals surface area contributed by atoms with E-state index in [1.807, 2.05) is 36.4 Å². The highest BCUT2D eigenvalue weighted by Crippen LogP contribution is 2.40. The lowest BCUT2D eigenvalue weighted by Crippen LogP contribution is -2.15. The fourth-order valence-corrected chi connectivity index (χ4v) is 8.08. The van der Waals surface area contributed by atoms with Crippen LogP contribution < -0.4 is 0 Å². The number of furan rings is 1. The first-order valence-corrected chi connectivity index (χ1v) is 18.9. The van der Waals surface area contributed by atoms with Crippen LogP contribution in [0.4, 0.5) is 0 Å². The summed E-state index contributed by atoms with van der Waals surface area (Å²) in [6, 6.07) is 67.7. The Labute approximate surface area is 323 Å². The Hall–Kier alpha value is -7.50. The average molecular weight is 718 g/mol. The standard InChI is InChI=1S/C51H33N4O/c1-4-14-33(15-5-1)36-20-12-21-38(30-36)50-52-49(35-18-8-3-9-19-35)53-51(54-50)39-26-28-41-42-23-13-25-46(48(42)56-47(41)32-39)55-44-24-11-10-22-40(44)43-31-37(27-29-45(43)55)34-16-6-2-7-17-34/h1-32,50H/q-1. The van der Waals surface area contributed by atoms with E-state index < -0.39 is 6.17 Å². The molecule has 0 fully saturated rings. The number of aliphatic imine (C=N–C) groups is 2. The highest BCUT2D eigenvalue weighted by molar-refractivity contribution is 6.20. The van der Waals surface area contributed by atoms with E-state index >= 15 is 0 Å². The number of hydrogen-bond donors (Lipinski definition) is 0. The van der Waals surface area contributed by atoms with Crippen molar-refractivity contribution in [3.63, 3.8) is 0 Å². The third kappa shape index (κ3) is 5.40. The van der Waals surface area contributed by atoms with Gasteiger partial charge in [0, 0.05) is 21.5 Å². The molecule has 264 valence electrons. The Kier molecular flexibility index (Phi) is 7.49. The molecule has 1 aliphatic heterocycles. The van der Waals surface area contributed by atoms with Gasteiger partial charge in [0.25, 0.3) is 0 Å². The summed E-state index contributed by atoms with van der Waals surface area (Å²) in [5.74, 6) is 1.27. The molecule has 0 radical (unpaired) electrons. The van der Waals surface area contributed by atoms with Gasteiger partial charge < -0.3 is 19.3 Å². The molecule has 0 bridgehead atoms. The molecule has 1 atom stereocenters. The predicted molar refractivity (Wildman–Crippen MR) is 231 cm³/mol. The smallest absolute Gasteiger partial charge is 0.159 e. The molecule has 11 rings (SSSR count). The summed E-state index contributed by atoms with van der Waals surface area (Å²) in [7, 11) is 0. The van der Waals surface area contributed by atoms with Crippen molar-refractivity contribution >= 4 is 55.4 Å². The molecular formula is C51H33N4O-. The molecule has 8 aromatic carbocycles. The molecular weight excluding hydrogens is 685 g/mol. The molecule has 2 aromatic heterocycles. The lowest BCUT2D eigenvalue weighted by molar-refractivity contribution is 0.666. The number of para-hydroxylation sites is 2. The second-order valence-corrected chi connectivity index (χ2v) is 14.2. The summed E-state index contributed by atoms with van der Waals surface area (Å²) >= 11 is 0. The third-order valence-corrected chi connectivity index (χ3v) is 10.8. The SMILES string of the molecule is c1ccc(C2=NC(c3cccc(-c4ccccc4)c3)[N-]C(c3ccc4c(c3)oc3c(-n5c6ccccc6c6cc(-c7ccccc7)ccc65)cccc34)=N2)cc1. The Balaban J connectivity index is 1.03. The number of hydrogen-bond acceptors (Lipinski definition) is 3. The molecule has 0 spiro atoms. The van der Waals surface area contributed by atoms with Gasteiger partial charge in [0.1, 0.15) is 5.58 Å². The molecule has 0 aliphatic carbocycles. The molecule has 3 heterocycles. The van der Waals surface area contributed by atoms with Crippen molar-refractivity contribution < 1.29 is 4.42 Å². The highest BCUT2D eigenvalue weighted by Gasteiger charge is 2.20. The lowest BCUT2D eigenvalue weighted by atomic mass is 10.0. The number of benzene rings is 8. The fourth-order valence-electron chi connectivity index (χ4n) is 8.08. The van der Waals surface area contributed by atoms with E-state index in [0.717, 1.165) is 66.5 Å². The van der Waals surface area contributed by atoms with Crippen molar-refractivity contribution in [2.45, 2.75) is 6.17 Å². The van der Waals surface area contributed by atoms with E-state index in [9.17, 15) is 0 Å². The summed E-state index contributed by atoms with van der Waals surface area (Å²) in [6.07, 6.45) is -0.461. The van der Waals surface area contributed by atoms with Gasteiger partial charge in [-0.05, 0) is 81.4 Å². The van der Waals surface area contributed by atoms with E-state index in [4.69, 9.17) is 19.7 Å². The molecule has 10 aromatic rings. The molecule has 5 heteroatoms. The Morgan fingerprint density at radius 3 is 1.86 bits per heavy atom. The van der Waals surface area contributed by atoms with E-state index in [2.05, 4.69) is 162 Å². The van der Waals surface area contributed by atoms with Crippen LogP contribution in [0.3, 0.4) is 0 Å². The maximum absolute atomic E-state index is 6.87. The lowest BCUT2D eigenvalue weighted by Gasteiger charge is -2.32. The van der Waals surface area contributed by atoms with Gasteiger partial charge in [-0.3, -0.25) is 4.99 Å². The second-order valence-electron chi connectivity index (χ2n) is 14.2. The first-order chi connectivity index (χ1) is 27.7. The van der Waals surface area contributed by atoms with Crippen LogP contribution in [0.5, 0.6) is 0 Å². The van der Waals surface area contributed by atoms with Gasteiger partial charge in [0.15, 0.2) is 5.58 Å². The molecule has 0 amide bonds. The van der Waals surface area contributed by atoms with Crippen molar-refractivity contribution in [2.24, 2.45) is 9.98 Å². The zero-order valence-corrected chi connectivity index (χ0v) is 30.2. The zero-order chi connectivity index (χ0) is 37.0. The Morgan fingerprint density at radius 2 is 1.07 bits per heavy atom. The van der Waals surface area contributed by atoms with Crippen LogP contribution in [0.15, 0.2) is 209 Å². The van der Waals surface area contributed by atoms with Gasteiger partial charge >= 0.3 is 0 Å². The molecule has 1 unspecified atom stereocenters. The minimum absolute atomic E-state index is 0.461.